The number of hydrogen-bond acceptors (Lipinski definition) is 4. The molecule has 1 aliphatic rings. The SMILES string of the molecule is CN(C)CCCNC(=O)c1cc(NC(=O)C2CCCCC2)ccc1N(C)C. The second-order valence-corrected chi connectivity index (χ2v) is 7.86. The normalized spacial score (nSPS) is 14.9. The molecule has 0 heterocycles. The van der Waals surface area contributed by atoms with Gasteiger partial charge in [0.15, 0.2) is 0 Å². The Morgan fingerprint density at radius 2 is 1.78 bits per heavy atom. The van der Waals surface area contributed by atoms with Gasteiger partial charge in [0.2, 0.25) is 5.91 Å². The highest BCUT2D eigenvalue weighted by Crippen LogP contribution is 2.27. The molecular formula is C21H34N4O2. The quantitative estimate of drug-likeness (QED) is 0.687. The monoisotopic (exact) mass is 374 g/mol. The molecule has 150 valence electrons. The van der Waals surface area contributed by atoms with Gasteiger partial charge in [-0.2, -0.15) is 0 Å². The third-order valence-corrected chi connectivity index (χ3v) is 5.03. The van der Waals surface area contributed by atoms with Gasteiger partial charge in [-0.25, -0.2) is 0 Å². The fraction of sp³-hybridized carbons (Fsp3) is 0.619. The van der Waals surface area contributed by atoms with E-state index >= 15 is 0 Å². The van der Waals surface area contributed by atoms with E-state index in [2.05, 4.69) is 15.5 Å². The third kappa shape index (κ3) is 6.54. The molecule has 1 fully saturated rings. The summed E-state index contributed by atoms with van der Waals surface area (Å²) in [6.07, 6.45) is 6.28. The van der Waals surface area contributed by atoms with Crippen LogP contribution >= 0.6 is 0 Å². The molecule has 0 aliphatic heterocycles. The van der Waals surface area contributed by atoms with Crippen molar-refractivity contribution in [3.05, 3.63) is 23.8 Å². The van der Waals surface area contributed by atoms with Gasteiger partial charge in [0, 0.05) is 37.9 Å². The molecule has 0 bridgehead atoms. The first-order valence-corrected chi connectivity index (χ1v) is 9.93. The molecule has 1 saturated carbocycles. The zero-order valence-electron chi connectivity index (χ0n) is 17.2. The van der Waals surface area contributed by atoms with Crippen molar-refractivity contribution < 1.29 is 9.59 Å². The number of amides is 2. The maximum atomic E-state index is 12.7. The predicted octanol–water partition coefficient (Wildman–Crippen LogP) is 2.95. The van der Waals surface area contributed by atoms with E-state index < -0.39 is 0 Å². The van der Waals surface area contributed by atoms with Gasteiger partial charge in [-0.1, -0.05) is 19.3 Å². The molecule has 1 aliphatic carbocycles. The zero-order valence-corrected chi connectivity index (χ0v) is 17.2. The maximum absolute atomic E-state index is 12.7. The molecule has 0 unspecified atom stereocenters. The molecule has 0 aromatic heterocycles. The largest absolute Gasteiger partial charge is 0.377 e. The minimum Gasteiger partial charge on any atom is -0.377 e. The summed E-state index contributed by atoms with van der Waals surface area (Å²) in [5.74, 6) is 0.0615. The van der Waals surface area contributed by atoms with Gasteiger partial charge < -0.3 is 20.4 Å². The number of nitrogens with one attached hydrogen (secondary N) is 2. The van der Waals surface area contributed by atoms with Crippen LogP contribution < -0.4 is 15.5 Å². The molecule has 6 nitrogen and oxygen atoms in total. The number of benzene rings is 1. The smallest absolute Gasteiger partial charge is 0.253 e. The predicted molar refractivity (Wildman–Crippen MR) is 111 cm³/mol. The van der Waals surface area contributed by atoms with E-state index in [4.69, 9.17) is 0 Å². The van der Waals surface area contributed by atoms with Gasteiger partial charge in [-0.15, -0.1) is 0 Å². The van der Waals surface area contributed by atoms with Crippen molar-refractivity contribution in [1.29, 1.82) is 0 Å². The Labute approximate surface area is 163 Å². The minimum absolute atomic E-state index is 0.0737. The van der Waals surface area contributed by atoms with E-state index in [9.17, 15) is 9.59 Å². The number of hydrogen-bond donors (Lipinski definition) is 2. The van der Waals surface area contributed by atoms with Crippen LogP contribution in [0, 0.1) is 5.92 Å². The van der Waals surface area contributed by atoms with E-state index in [0.717, 1.165) is 44.3 Å². The Kier molecular flexibility index (Phi) is 8.10. The molecule has 1 aromatic rings. The average Bonchev–Trinajstić information content (AvgIpc) is 2.65. The van der Waals surface area contributed by atoms with E-state index in [1.54, 1.807) is 6.07 Å². The second-order valence-electron chi connectivity index (χ2n) is 7.86. The van der Waals surface area contributed by atoms with Crippen LogP contribution in [-0.2, 0) is 4.79 Å². The van der Waals surface area contributed by atoms with E-state index in [1.807, 2.05) is 45.2 Å². The lowest BCUT2D eigenvalue weighted by molar-refractivity contribution is -0.120. The van der Waals surface area contributed by atoms with E-state index in [1.165, 1.54) is 6.42 Å². The molecule has 2 rings (SSSR count). The van der Waals surface area contributed by atoms with Gasteiger partial charge in [-0.3, -0.25) is 9.59 Å². The fourth-order valence-corrected chi connectivity index (χ4v) is 3.49. The van der Waals surface area contributed by atoms with Gasteiger partial charge in [0.05, 0.1) is 5.56 Å². The number of carbonyl (C=O) groups excluding carboxylic acids is 2. The summed E-state index contributed by atoms with van der Waals surface area (Å²) in [7, 11) is 7.87. The van der Waals surface area contributed by atoms with Crippen molar-refractivity contribution in [3.63, 3.8) is 0 Å². The van der Waals surface area contributed by atoms with Crippen LogP contribution in [0.1, 0.15) is 48.9 Å². The van der Waals surface area contributed by atoms with Crippen molar-refractivity contribution >= 4 is 23.2 Å². The summed E-state index contributed by atoms with van der Waals surface area (Å²) in [5.41, 5.74) is 2.12. The lowest BCUT2D eigenvalue weighted by Crippen LogP contribution is -2.29. The minimum atomic E-state index is -0.105. The molecule has 6 heteroatoms. The molecule has 0 saturated heterocycles. The molecule has 2 amide bonds. The lowest BCUT2D eigenvalue weighted by atomic mass is 9.88. The lowest BCUT2D eigenvalue weighted by Gasteiger charge is -2.22. The topological polar surface area (TPSA) is 64.7 Å². The Morgan fingerprint density at radius 1 is 1.07 bits per heavy atom. The number of rotatable bonds is 8. The van der Waals surface area contributed by atoms with Crippen molar-refractivity contribution in [1.82, 2.24) is 10.2 Å². The standard InChI is InChI=1S/C21H34N4O2/c1-24(2)14-8-13-22-21(27)18-15-17(11-12-19(18)25(3)4)23-20(26)16-9-6-5-7-10-16/h11-12,15-16H,5-10,13-14H2,1-4H3,(H,22,27)(H,23,26). The van der Waals surface area contributed by atoms with E-state index in [-0.39, 0.29) is 17.7 Å². The van der Waals surface area contributed by atoms with Crippen LogP contribution in [-0.4, -0.2) is 58.0 Å². The van der Waals surface area contributed by atoms with Crippen molar-refractivity contribution in [2.24, 2.45) is 5.92 Å². The summed E-state index contributed by atoms with van der Waals surface area (Å²) in [6.45, 7) is 1.56. The number of nitrogens with zero attached hydrogens (tertiary/aromatic N) is 2. The van der Waals surface area contributed by atoms with Crippen LogP contribution in [0.5, 0.6) is 0 Å². The Bertz CT molecular complexity index is 637. The van der Waals surface area contributed by atoms with Gasteiger partial charge in [-0.05, 0) is 58.1 Å². The molecule has 0 radical (unpaired) electrons. The molecule has 2 N–H and O–H groups in total. The van der Waals surface area contributed by atoms with Crippen LogP contribution in [0.2, 0.25) is 0 Å². The molecular weight excluding hydrogens is 340 g/mol. The van der Waals surface area contributed by atoms with Gasteiger partial charge in [0.1, 0.15) is 0 Å². The molecule has 0 spiro atoms. The summed E-state index contributed by atoms with van der Waals surface area (Å²) >= 11 is 0. The molecule has 1 aromatic carbocycles. The highest BCUT2D eigenvalue weighted by atomic mass is 16.2. The first-order valence-electron chi connectivity index (χ1n) is 9.93. The Balaban J connectivity index is 2.06. The Morgan fingerprint density at radius 3 is 2.41 bits per heavy atom. The van der Waals surface area contributed by atoms with Crippen molar-refractivity contribution in [2.75, 3.05) is 51.5 Å². The van der Waals surface area contributed by atoms with E-state index in [0.29, 0.717) is 17.8 Å². The summed E-state index contributed by atoms with van der Waals surface area (Å²) in [5, 5.41) is 6.00. The number of anilines is 2. The van der Waals surface area contributed by atoms with Crippen molar-refractivity contribution in [3.8, 4) is 0 Å². The molecule has 0 atom stereocenters. The summed E-state index contributed by atoms with van der Waals surface area (Å²) < 4.78 is 0. The van der Waals surface area contributed by atoms with Crippen LogP contribution in [0.25, 0.3) is 0 Å². The first kappa shape index (κ1) is 21.2. The average molecular weight is 375 g/mol. The first-order chi connectivity index (χ1) is 12.9. The summed E-state index contributed by atoms with van der Waals surface area (Å²) in [4.78, 5) is 29.2. The van der Waals surface area contributed by atoms with Gasteiger partial charge >= 0.3 is 0 Å². The number of carbonyl (C=O) groups is 2. The van der Waals surface area contributed by atoms with Crippen LogP contribution in [0.4, 0.5) is 11.4 Å². The zero-order chi connectivity index (χ0) is 19.8. The Hall–Kier alpha value is -2.08. The summed E-state index contributed by atoms with van der Waals surface area (Å²) in [6, 6.07) is 5.56. The van der Waals surface area contributed by atoms with Gasteiger partial charge in [0.25, 0.3) is 5.91 Å². The highest BCUT2D eigenvalue weighted by Gasteiger charge is 2.22. The highest BCUT2D eigenvalue weighted by molar-refractivity contribution is 6.02. The second kappa shape index (κ2) is 10.3. The fourth-order valence-electron chi connectivity index (χ4n) is 3.49. The molecule has 27 heavy (non-hydrogen) atoms. The maximum Gasteiger partial charge on any atom is 0.253 e. The van der Waals surface area contributed by atoms with Crippen LogP contribution in [0.15, 0.2) is 18.2 Å². The van der Waals surface area contributed by atoms with Crippen LogP contribution in [0.3, 0.4) is 0 Å². The third-order valence-electron chi connectivity index (χ3n) is 5.03. The van der Waals surface area contributed by atoms with Crippen molar-refractivity contribution in [2.45, 2.75) is 38.5 Å².